The van der Waals surface area contributed by atoms with Gasteiger partial charge in [-0.2, -0.15) is 4.68 Å². The van der Waals surface area contributed by atoms with Gasteiger partial charge in [-0.1, -0.05) is 0 Å². The largest absolute Gasteiger partial charge is 0.394 e. The van der Waals surface area contributed by atoms with Crippen molar-refractivity contribution in [1.29, 1.82) is 0 Å². The number of ether oxygens (including phenoxy) is 1. The van der Waals surface area contributed by atoms with Gasteiger partial charge in [0.1, 0.15) is 18.3 Å². The van der Waals surface area contributed by atoms with Crippen LogP contribution in [-0.4, -0.2) is 66.4 Å². The highest BCUT2D eigenvalue weighted by atomic mass is 16.6. The van der Waals surface area contributed by atoms with Crippen molar-refractivity contribution < 1.29 is 24.9 Å². The Morgan fingerprint density at radius 2 is 2.17 bits per heavy atom. The average molecular weight is 259 g/mol. The number of aliphatic hydroxyl groups is 3. The Balaban J connectivity index is 2.22. The molecule has 100 valence electrons. The molecule has 1 fully saturated rings. The number of amides is 1. The van der Waals surface area contributed by atoms with Crippen LogP contribution in [0.2, 0.25) is 0 Å². The summed E-state index contributed by atoms with van der Waals surface area (Å²) in [5, 5.41) is 38.8. The Morgan fingerprint density at radius 3 is 2.72 bits per heavy atom. The summed E-state index contributed by atoms with van der Waals surface area (Å²) < 4.78 is 6.28. The third kappa shape index (κ3) is 2.18. The van der Waals surface area contributed by atoms with Gasteiger partial charge in [-0.25, -0.2) is 0 Å². The predicted molar refractivity (Wildman–Crippen MR) is 53.7 cm³/mol. The molecule has 0 saturated carbocycles. The summed E-state index contributed by atoms with van der Waals surface area (Å²) in [7, 11) is 0. The third-order valence-corrected chi connectivity index (χ3v) is 2.65. The van der Waals surface area contributed by atoms with Gasteiger partial charge in [-0.05, 0) is 10.4 Å². The number of rotatable bonds is 4. The molecule has 0 bridgehead atoms. The first kappa shape index (κ1) is 12.8. The number of carbonyl (C=O) groups excluding carboxylic acids is 1. The highest BCUT2D eigenvalue weighted by molar-refractivity contribution is 5.75. The van der Waals surface area contributed by atoms with Gasteiger partial charge in [0.25, 0.3) is 0 Å². The number of hydrogen-bond donors (Lipinski definition) is 4. The zero-order valence-corrected chi connectivity index (χ0v) is 9.25. The lowest BCUT2D eigenvalue weighted by Crippen LogP contribution is -2.33. The topological polar surface area (TPSA) is 157 Å². The van der Waals surface area contributed by atoms with Crippen LogP contribution < -0.4 is 5.73 Å². The Labute approximate surface area is 101 Å². The van der Waals surface area contributed by atoms with E-state index in [1.165, 1.54) is 0 Å². The maximum atomic E-state index is 10.8. The number of primary amides is 1. The van der Waals surface area contributed by atoms with E-state index in [9.17, 15) is 15.0 Å². The van der Waals surface area contributed by atoms with E-state index in [2.05, 4.69) is 15.5 Å². The summed E-state index contributed by atoms with van der Waals surface area (Å²) in [6.45, 7) is -0.456. The second-order valence-corrected chi connectivity index (χ2v) is 3.91. The SMILES string of the molecule is NC(=O)Cc1nnnn1[C@@H]1O[C@H](CO)[C@@H](O)[C@H]1O. The molecule has 5 N–H and O–H groups in total. The fraction of sp³-hybridized carbons (Fsp3) is 0.750. The van der Waals surface area contributed by atoms with Crippen LogP contribution in [0.25, 0.3) is 0 Å². The van der Waals surface area contributed by atoms with Crippen molar-refractivity contribution in [2.75, 3.05) is 6.61 Å². The molecule has 10 heteroatoms. The summed E-state index contributed by atoms with van der Waals surface area (Å²) in [4.78, 5) is 10.8. The molecule has 0 aromatic carbocycles. The van der Waals surface area contributed by atoms with Crippen LogP contribution in [0.15, 0.2) is 0 Å². The first-order chi connectivity index (χ1) is 8.54. The minimum atomic E-state index is -1.31. The second-order valence-electron chi connectivity index (χ2n) is 3.91. The van der Waals surface area contributed by atoms with Crippen molar-refractivity contribution >= 4 is 5.91 Å². The number of carbonyl (C=O) groups is 1. The van der Waals surface area contributed by atoms with Crippen molar-refractivity contribution in [2.24, 2.45) is 5.73 Å². The summed E-state index contributed by atoms with van der Waals surface area (Å²) in [6, 6.07) is 0. The van der Waals surface area contributed by atoms with Crippen LogP contribution in [0.5, 0.6) is 0 Å². The number of nitrogens with zero attached hydrogens (tertiary/aromatic N) is 4. The Bertz CT molecular complexity index is 437. The lowest BCUT2D eigenvalue weighted by atomic mass is 10.1. The molecule has 18 heavy (non-hydrogen) atoms. The van der Waals surface area contributed by atoms with Crippen molar-refractivity contribution in [1.82, 2.24) is 20.2 Å². The summed E-state index contributed by atoms with van der Waals surface area (Å²) in [5.74, 6) is -0.532. The van der Waals surface area contributed by atoms with Gasteiger partial charge in [-0.15, -0.1) is 5.10 Å². The van der Waals surface area contributed by atoms with E-state index in [-0.39, 0.29) is 12.2 Å². The molecule has 0 radical (unpaired) electrons. The zero-order valence-electron chi connectivity index (χ0n) is 9.25. The fourth-order valence-electron chi connectivity index (χ4n) is 1.76. The predicted octanol–water partition coefficient (Wildman–Crippen LogP) is -3.69. The quantitative estimate of drug-likeness (QED) is 0.430. The Morgan fingerprint density at radius 1 is 1.44 bits per heavy atom. The molecule has 2 rings (SSSR count). The molecule has 1 aliphatic heterocycles. The summed E-state index contributed by atoms with van der Waals surface area (Å²) in [5.41, 5.74) is 5.03. The van der Waals surface area contributed by atoms with Crippen molar-refractivity contribution in [3.8, 4) is 0 Å². The van der Waals surface area contributed by atoms with Gasteiger partial charge >= 0.3 is 0 Å². The van der Waals surface area contributed by atoms with Crippen LogP contribution in [0, 0.1) is 0 Å². The number of tetrazole rings is 1. The molecular formula is C8H13N5O5. The van der Waals surface area contributed by atoms with Crippen LogP contribution in [0.3, 0.4) is 0 Å². The molecule has 1 saturated heterocycles. The van der Waals surface area contributed by atoms with Crippen molar-refractivity contribution in [3.05, 3.63) is 5.82 Å². The van der Waals surface area contributed by atoms with Crippen LogP contribution >= 0.6 is 0 Å². The van der Waals surface area contributed by atoms with Gasteiger partial charge in [0.05, 0.1) is 13.0 Å². The van der Waals surface area contributed by atoms with E-state index in [1.54, 1.807) is 0 Å². The number of aliphatic hydroxyl groups excluding tert-OH is 3. The maximum Gasteiger partial charge on any atom is 0.225 e. The molecule has 0 aliphatic carbocycles. The molecular weight excluding hydrogens is 246 g/mol. The Hall–Kier alpha value is -1.62. The molecule has 0 unspecified atom stereocenters. The van der Waals surface area contributed by atoms with E-state index in [0.717, 1.165) is 4.68 Å². The first-order valence-corrected chi connectivity index (χ1v) is 5.22. The highest BCUT2D eigenvalue weighted by Gasteiger charge is 2.44. The third-order valence-electron chi connectivity index (χ3n) is 2.65. The van der Waals surface area contributed by atoms with Gasteiger partial charge in [-0.3, -0.25) is 4.79 Å². The van der Waals surface area contributed by atoms with E-state index < -0.39 is 37.1 Å². The summed E-state index contributed by atoms with van der Waals surface area (Å²) in [6.07, 6.45) is -4.79. The average Bonchev–Trinajstić information content (AvgIpc) is 2.86. The van der Waals surface area contributed by atoms with Gasteiger partial charge in [0.15, 0.2) is 12.1 Å². The lowest BCUT2D eigenvalue weighted by molar-refractivity contribution is -0.117. The van der Waals surface area contributed by atoms with Gasteiger partial charge in [0, 0.05) is 0 Å². The van der Waals surface area contributed by atoms with Crippen molar-refractivity contribution in [3.63, 3.8) is 0 Å². The van der Waals surface area contributed by atoms with E-state index in [0.29, 0.717) is 0 Å². The molecule has 1 aromatic heterocycles. The molecule has 1 amide bonds. The molecule has 1 aromatic rings. The minimum absolute atomic E-state index is 0.109. The molecule has 1 aliphatic rings. The van der Waals surface area contributed by atoms with Crippen LogP contribution in [0.4, 0.5) is 0 Å². The second kappa shape index (κ2) is 4.94. The first-order valence-electron chi connectivity index (χ1n) is 5.22. The molecule has 2 heterocycles. The molecule has 10 nitrogen and oxygen atoms in total. The minimum Gasteiger partial charge on any atom is -0.394 e. The van der Waals surface area contributed by atoms with Gasteiger partial charge < -0.3 is 25.8 Å². The highest BCUT2D eigenvalue weighted by Crippen LogP contribution is 2.28. The number of hydrogen-bond acceptors (Lipinski definition) is 8. The number of aromatic nitrogens is 4. The lowest BCUT2D eigenvalue weighted by Gasteiger charge is -2.15. The van der Waals surface area contributed by atoms with Gasteiger partial charge in [0.2, 0.25) is 5.91 Å². The van der Waals surface area contributed by atoms with Crippen LogP contribution in [0.1, 0.15) is 12.1 Å². The summed E-state index contributed by atoms with van der Waals surface area (Å²) >= 11 is 0. The van der Waals surface area contributed by atoms with Crippen molar-refractivity contribution in [2.45, 2.75) is 31.0 Å². The van der Waals surface area contributed by atoms with Crippen LogP contribution in [-0.2, 0) is 16.0 Å². The normalized spacial score (nSPS) is 31.7. The van der Waals surface area contributed by atoms with E-state index in [1.807, 2.05) is 0 Å². The van der Waals surface area contributed by atoms with E-state index >= 15 is 0 Å². The molecule has 4 atom stereocenters. The maximum absolute atomic E-state index is 10.8. The fourth-order valence-corrected chi connectivity index (χ4v) is 1.76. The standard InChI is InChI=1S/C8H13N5O5/c9-4(15)1-5-10-11-12-13(5)8-7(17)6(16)3(2-14)18-8/h3,6-8,14,16-17H,1-2H2,(H2,9,15)/t3-,6-,7-,8-/m1/s1. The molecule has 0 spiro atoms. The smallest absolute Gasteiger partial charge is 0.225 e. The Kier molecular flexibility index (Phi) is 3.52. The number of nitrogens with two attached hydrogens (primary N) is 1. The van der Waals surface area contributed by atoms with E-state index in [4.69, 9.17) is 15.6 Å². The monoisotopic (exact) mass is 259 g/mol. The zero-order chi connectivity index (χ0) is 13.3.